The van der Waals surface area contributed by atoms with Crippen LogP contribution in [0.4, 0.5) is 5.82 Å². The van der Waals surface area contributed by atoms with Gasteiger partial charge in [0.2, 0.25) is 0 Å². The molecule has 0 aliphatic heterocycles. The number of aryl methyl sites for hydroxylation is 1. The first-order valence-electron chi connectivity index (χ1n) is 6.01. The predicted octanol–water partition coefficient (Wildman–Crippen LogP) is 3.40. The Hall–Kier alpha value is -1.64. The molecule has 0 aliphatic carbocycles. The standard InChI is InChI=1S/C14H19N3/c1-5-10-6-7-12-11(8-10)13(16-9-15-12)17-14(2,3)4/h6-9H,5H2,1-4H3,(H,15,16,17). The van der Waals surface area contributed by atoms with Crippen molar-refractivity contribution in [3.63, 3.8) is 0 Å². The molecule has 17 heavy (non-hydrogen) atoms. The number of anilines is 1. The van der Waals surface area contributed by atoms with E-state index in [4.69, 9.17) is 0 Å². The Labute approximate surface area is 102 Å². The largest absolute Gasteiger partial charge is 0.365 e. The second-order valence-electron chi connectivity index (χ2n) is 5.30. The van der Waals surface area contributed by atoms with Crippen molar-refractivity contribution in [2.75, 3.05) is 5.32 Å². The van der Waals surface area contributed by atoms with Crippen molar-refractivity contribution in [3.05, 3.63) is 30.1 Å². The SMILES string of the molecule is CCc1ccc2ncnc(NC(C)(C)C)c2c1. The van der Waals surface area contributed by atoms with Crippen LogP contribution >= 0.6 is 0 Å². The summed E-state index contributed by atoms with van der Waals surface area (Å²) >= 11 is 0. The zero-order valence-electron chi connectivity index (χ0n) is 10.9. The summed E-state index contributed by atoms with van der Waals surface area (Å²) in [6.45, 7) is 8.54. The van der Waals surface area contributed by atoms with Gasteiger partial charge >= 0.3 is 0 Å². The summed E-state index contributed by atoms with van der Waals surface area (Å²) in [7, 11) is 0. The number of aromatic nitrogens is 2. The van der Waals surface area contributed by atoms with E-state index in [1.165, 1.54) is 5.56 Å². The molecule has 0 aliphatic rings. The lowest BCUT2D eigenvalue weighted by atomic mass is 10.1. The number of benzene rings is 1. The van der Waals surface area contributed by atoms with E-state index in [1.54, 1.807) is 6.33 Å². The molecule has 1 heterocycles. The maximum absolute atomic E-state index is 4.35. The fourth-order valence-electron chi connectivity index (χ4n) is 1.78. The summed E-state index contributed by atoms with van der Waals surface area (Å²) in [4.78, 5) is 8.64. The van der Waals surface area contributed by atoms with Crippen molar-refractivity contribution in [1.29, 1.82) is 0 Å². The first-order chi connectivity index (χ1) is 7.99. The van der Waals surface area contributed by atoms with Gasteiger partial charge in [-0.25, -0.2) is 9.97 Å². The van der Waals surface area contributed by atoms with Crippen LogP contribution in [-0.2, 0) is 6.42 Å². The molecule has 2 rings (SSSR count). The van der Waals surface area contributed by atoms with Gasteiger partial charge in [0, 0.05) is 10.9 Å². The number of nitrogens with zero attached hydrogens (tertiary/aromatic N) is 2. The zero-order valence-corrected chi connectivity index (χ0v) is 10.9. The highest BCUT2D eigenvalue weighted by molar-refractivity contribution is 5.89. The van der Waals surface area contributed by atoms with E-state index in [0.29, 0.717) is 0 Å². The Bertz CT molecular complexity index is 526. The monoisotopic (exact) mass is 229 g/mol. The van der Waals surface area contributed by atoms with Gasteiger partial charge < -0.3 is 5.32 Å². The van der Waals surface area contributed by atoms with Crippen LogP contribution in [0.15, 0.2) is 24.5 Å². The Morgan fingerprint density at radius 3 is 2.59 bits per heavy atom. The van der Waals surface area contributed by atoms with Crippen LogP contribution in [0.2, 0.25) is 0 Å². The lowest BCUT2D eigenvalue weighted by Crippen LogP contribution is -2.26. The van der Waals surface area contributed by atoms with Crippen LogP contribution in [0.5, 0.6) is 0 Å². The van der Waals surface area contributed by atoms with E-state index in [0.717, 1.165) is 23.1 Å². The zero-order chi connectivity index (χ0) is 12.5. The minimum absolute atomic E-state index is 0.00347. The molecule has 1 aromatic heterocycles. The lowest BCUT2D eigenvalue weighted by Gasteiger charge is -2.22. The summed E-state index contributed by atoms with van der Waals surface area (Å²) in [5, 5.41) is 4.52. The number of rotatable bonds is 2. The molecule has 0 spiro atoms. The van der Waals surface area contributed by atoms with Crippen LogP contribution in [-0.4, -0.2) is 15.5 Å². The highest BCUT2D eigenvalue weighted by atomic mass is 15.1. The molecule has 0 fully saturated rings. The Morgan fingerprint density at radius 1 is 1.18 bits per heavy atom. The normalized spacial score (nSPS) is 11.8. The van der Waals surface area contributed by atoms with Gasteiger partial charge in [-0.3, -0.25) is 0 Å². The van der Waals surface area contributed by atoms with Crippen LogP contribution in [0.25, 0.3) is 10.9 Å². The number of hydrogen-bond donors (Lipinski definition) is 1. The maximum atomic E-state index is 4.35. The van der Waals surface area contributed by atoms with E-state index in [9.17, 15) is 0 Å². The molecule has 0 saturated carbocycles. The predicted molar refractivity (Wildman–Crippen MR) is 72.3 cm³/mol. The topological polar surface area (TPSA) is 37.8 Å². The average molecular weight is 229 g/mol. The second-order valence-corrected chi connectivity index (χ2v) is 5.30. The minimum Gasteiger partial charge on any atom is -0.365 e. The third-order valence-corrected chi connectivity index (χ3v) is 2.60. The second kappa shape index (κ2) is 4.32. The minimum atomic E-state index is 0.00347. The van der Waals surface area contributed by atoms with Gasteiger partial charge in [0.05, 0.1) is 5.52 Å². The first-order valence-corrected chi connectivity index (χ1v) is 6.01. The quantitative estimate of drug-likeness (QED) is 0.857. The number of nitrogens with one attached hydrogen (secondary N) is 1. The van der Waals surface area contributed by atoms with Crippen molar-refractivity contribution < 1.29 is 0 Å². The summed E-state index contributed by atoms with van der Waals surface area (Å²) in [5.41, 5.74) is 2.30. The number of hydrogen-bond acceptors (Lipinski definition) is 3. The van der Waals surface area contributed by atoms with E-state index in [1.807, 2.05) is 0 Å². The average Bonchev–Trinajstić information content (AvgIpc) is 2.27. The molecular weight excluding hydrogens is 210 g/mol. The van der Waals surface area contributed by atoms with Gasteiger partial charge in [-0.1, -0.05) is 13.0 Å². The summed E-state index contributed by atoms with van der Waals surface area (Å²) < 4.78 is 0. The van der Waals surface area contributed by atoms with Gasteiger partial charge in [-0.2, -0.15) is 0 Å². The molecule has 90 valence electrons. The molecule has 3 nitrogen and oxygen atoms in total. The maximum Gasteiger partial charge on any atom is 0.137 e. The number of fused-ring (bicyclic) bond motifs is 1. The van der Waals surface area contributed by atoms with E-state index < -0.39 is 0 Å². The molecule has 0 bridgehead atoms. The summed E-state index contributed by atoms with van der Waals surface area (Å²) in [5.74, 6) is 0.915. The third kappa shape index (κ3) is 2.73. The van der Waals surface area contributed by atoms with E-state index >= 15 is 0 Å². The molecular formula is C14H19N3. The van der Waals surface area contributed by atoms with Crippen LogP contribution in [0.1, 0.15) is 33.3 Å². The highest BCUT2D eigenvalue weighted by Crippen LogP contribution is 2.23. The Morgan fingerprint density at radius 2 is 1.94 bits per heavy atom. The van der Waals surface area contributed by atoms with Crippen molar-refractivity contribution in [3.8, 4) is 0 Å². The molecule has 0 unspecified atom stereocenters. The lowest BCUT2D eigenvalue weighted by molar-refractivity contribution is 0.631. The molecule has 1 N–H and O–H groups in total. The van der Waals surface area contributed by atoms with Crippen molar-refractivity contribution in [2.45, 2.75) is 39.7 Å². The molecule has 0 amide bonds. The van der Waals surface area contributed by atoms with E-state index in [-0.39, 0.29) is 5.54 Å². The molecule has 2 aromatic rings. The van der Waals surface area contributed by atoms with Gasteiger partial charge in [-0.15, -0.1) is 0 Å². The van der Waals surface area contributed by atoms with Gasteiger partial charge in [-0.05, 0) is 44.9 Å². The molecule has 0 saturated heterocycles. The van der Waals surface area contributed by atoms with Gasteiger partial charge in [0.15, 0.2) is 0 Å². The molecule has 3 heteroatoms. The fourth-order valence-corrected chi connectivity index (χ4v) is 1.78. The van der Waals surface area contributed by atoms with Gasteiger partial charge in [0.25, 0.3) is 0 Å². The van der Waals surface area contributed by atoms with Crippen molar-refractivity contribution >= 4 is 16.7 Å². The first kappa shape index (κ1) is 11.8. The van der Waals surface area contributed by atoms with Crippen molar-refractivity contribution in [1.82, 2.24) is 9.97 Å². The highest BCUT2D eigenvalue weighted by Gasteiger charge is 2.12. The van der Waals surface area contributed by atoms with E-state index in [2.05, 4.69) is 61.2 Å². The third-order valence-electron chi connectivity index (χ3n) is 2.60. The Kier molecular flexibility index (Phi) is 3.01. The molecule has 1 aromatic carbocycles. The molecule has 0 radical (unpaired) electrons. The summed E-state index contributed by atoms with van der Waals surface area (Å²) in [6, 6.07) is 6.35. The smallest absolute Gasteiger partial charge is 0.137 e. The van der Waals surface area contributed by atoms with Crippen molar-refractivity contribution in [2.24, 2.45) is 0 Å². The van der Waals surface area contributed by atoms with Crippen LogP contribution < -0.4 is 5.32 Å². The van der Waals surface area contributed by atoms with Crippen LogP contribution in [0, 0.1) is 0 Å². The summed E-state index contributed by atoms with van der Waals surface area (Å²) in [6.07, 6.45) is 2.64. The van der Waals surface area contributed by atoms with Gasteiger partial charge in [0.1, 0.15) is 12.1 Å². The van der Waals surface area contributed by atoms with Crippen LogP contribution in [0.3, 0.4) is 0 Å². The Balaban J connectivity index is 2.54. The fraction of sp³-hybridized carbons (Fsp3) is 0.429. The molecule has 0 atom stereocenters.